The average Bonchev–Trinajstić information content (AvgIpc) is 3.22. The molecule has 9 heteroatoms. The van der Waals surface area contributed by atoms with E-state index in [1.54, 1.807) is 10.7 Å². The number of anilines is 1. The third-order valence-electron chi connectivity index (χ3n) is 5.49. The van der Waals surface area contributed by atoms with Crippen LogP contribution in [-0.4, -0.2) is 69.6 Å². The first-order valence-electron chi connectivity index (χ1n) is 10.2. The summed E-state index contributed by atoms with van der Waals surface area (Å²) in [5, 5.41) is 4.68. The van der Waals surface area contributed by atoms with Gasteiger partial charge in [0.25, 0.3) is 5.78 Å². The van der Waals surface area contributed by atoms with E-state index in [2.05, 4.69) is 64.8 Å². The minimum Gasteiger partial charge on any atom is -0.462 e. The van der Waals surface area contributed by atoms with E-state index in [0.717, 1.165) is 11.3 Å². The van der Waals surface area contributed by atoms with Gasteiger partial charge in [-0.25, -0.2) is 9.78 Å². The second-order valence-corrected chi connectivity index (χ2v) is 8.55. The molecule has 0 saturated carbocycles. The molecule has 2 aromatic heterocycles. The van der Waals surface area contributed by atoms with Gasteiger partial charge in [0.05, 0.1) is 12.8 Å². The van der Waals surface area contributed by atoms with Gasteiger partial charge in [0, 0.05) is 37.9 Å². The van der Waals surface area contributed by atoms with E-state index in [1.165, 1.54) is 17.6 Å². The molecule has 4 rings (SSSR count). The number of piperazine rings is 1. The summed E-state index contributed by atoms with van der Waals surface area (Å²) in [6.45, 7) is 8.42. The number of carbonyl (C=O) groups excluding carboxylic acids is 2. The van der Waals surface area contributed by atoms with Crippen LogP contribution in [0.3, 0.4) is 0 Å². The molecule has 1 amide bonds. The molecule has 0 unspecified atom stereocenters. The van der Waals surface area contributed by atoms with Crippen LogP contribution in [0.5, 0.6) is 0 Å². The molecule has 1 aliphatic rings. The maximum atomic E-state index is 12.0. The van der Waals surface area contributed by atoms with Gasteiger partial charge in [0.1, 0.15) is 0 Å². The molecule has 1 aromatic carbocycles. The summed E-state index contributed by atoms with van der Waals surface area (Å²) in [7, 11) is 1.21. The van der Waals surface area contributed by atoms with Gasteiger partial charge in [-0.05, 0) is 17.0 Å². The van der Waals surface area contributed by atoms with Gasteiger partial charge in [-0.3, -0.25) is 4.79 Å². The Morgan fingerprint density at radius 3 is 2.29 bits per heavy atom. The summed E-state index contributed by atoms with van der Waals surface area (Å²) >= 11 is 0. The predicted octanol–water partition coefficient (Wildman–Crippen LogP) is 1.91. The highest BCUT2D eigenvalue weighted by atomic mass is 16.5. The molecule has 0 atom stereocenters. The molecule has 9 nitrogen and oxygen atoms in total. The monoisotopic (exact) mass is 422 g/mol. The summed E-state index contributed by atoms with van der Waals surface area (Å²) in [6, 6.07) is 10.4. The van der Waals surface area contributed by atoms with Crippen molar-refractivity contribution in [3.8, 4) is 11.3 Å². The van der Waals surface area contributed by atoms with Crippen molar-refractivity contribution < 1.29 is 14.3 Å². The first-order chi connectivity index (χ1) is 14.8. The van der Waals surface area contributed by atoms with Crippen molar-refractivity contribution in [1.82, 2.24) is 24.5 Å². The largest absolute Gasteiger partial charge is 0.462 e. The zero-order chi connectivity index (χ0) is 22.2. The second kappa shape index (κ2) is 7.98. The minimum absolute atomic E-state index is 0.0872. The van der Waals surface area contributed by atoms with Crippen molar-refractivity contribution in [3.63, 3.8) is 0 Å². The Kier molecular flexibility index (Phi) is 5.34. The number of hydrogen-bond donors (Lipinski definition) is 0. The molecule has 1 fully saturated rings. The summed E-state index contributed by atoms with van der Waals surface area (Å²) < 4.78 is 6.26. The smallest absolute Gasteiger partial charge is 0.396 e. The number of amides is 1. The van der Waals surface area contributed by atoms with Gasteiger partial charge < -0.3 is 14.5 Å². The number of aromatic nitrogens is 4. The van der Waals surface area contributed by atoms with Crippen LogP contribution in [0.4, 0.5) is 5.95 Å². The van der Waals surface area contributed by atoms with Gasteiger partial charge in [-0.2, -0.15) is 9.50 Å². The molecule has 0 radical (unpaired) electrons. The van der Waals surface area contributed by atoms with Gasteiger partial charge in [0.2, 0.25) is 5.95 Å². The van der Waals surface area contributed by atoms with Gasteiger partial charge in [-0.15, -0.1) is 5.10 Å². The molecule has 0 bridgehead atoms. The third-order valence-corrected chi connectivity index (χ3v) is 5.49. The normalized spacial score (nSPS) is 14.7. The first kappa shape index (κ1) is 20.8. The number of rotatable bonds is 2. The number of carbonyl (C=O) groups is 2. The van der Waals surface area contributed by atoms with Crippen LogP contribution < -0.4 is 4.90 Å². The van der Waals surface area contributed by atoms with Crippen molar-refractivity contribution in [3.05, 3.63) is 42.1 Å². The summed E-state index contributed by atoms with van der Waals surface area (Å²) in [5.74, 6) is -0.393. The van der Waals surface area contributed by atoms with E-state index in [1.807, 2.05) is 11.0 Å². The fraction of sp³-hybridized carbons (Fsp3) is 0.409. The average molecular weight is 422 g/mol. The Hall–Kier alpha value is -3.49. The van der Waals surface area contributed by atoms with E-state index >= 15 is 0 Å². The highest BCUT2D eigenvalue weighted by Gasteiger charge is 2.28. The van der Waals surface area contributed by atoms with E-state index in [0.29, 0.717) is 37.9 Å². The lowest BCUT2D eigenvalue weighted by Gasteiger charge is -2.33. The Bertz CT molecular complexity index is 1110. The van der Waals surface area contributed by atoms with Gasteiger partial charge in [0.15, 0.2) is 0 Å². The van der Waals surface area contributed by atoms with Gasteiger partial charge >= 0.3 is 11.9 Å². The standard InChI is InChI=1S/C22H26N6O3/c1-22(2,3)16-7-5-15(6-8-16)17-9-10-23-20-24-21(25-28(17)20)27-13-11-26(12-14-27)18(29)19(30)31-4/h5-10H,11-14H2,1-4H3. The molecular formula is C22H26N6O3. The lowest BCUT2D eigenvalue weighted by Crippen LogP contribution is -2.51. The van der Waals surface area contributed by atoms with Crippen molar-refractivity contribution in [2.75, 3.05) is 38.2 Å². The van der Waals surface area contributed by atoms with Crippen LogP contribution >= 0.6 is 0 Å². The topological polar surface area (TPSA) is 92.9 Å². The number of nitrogens with zero attached hydrogens (tertiary/aromatic N) is 6. The molecule has 1 aliphatic heterocycles. The maximum Gasteiger partial charge on any atom is 0.396 e. The number of methoxy groups -OCH3 is 1. The summed E-state index contributed by atoms with van der Waals surface area (Å²) in [4.78, 5) is 35.9. The molecular weight excluding hydrogens is 396 g/mol. The fourth-order valence-electron chi connectivity index (χ4n) is 3.60. The number of hydrogen-bond acceptors (Lipinski definition) is 7. The summed E-state index contributed by atoms with van der Waals surface area (Å²) in [6.07, 6.45) is 1.73. The van der Waals surface area contributed by atoms with Crippen molar-refractivity contribution in [2.45, 2.75) is 26.2 Å². The summed E-state index contributed by atoms with van der Waals surface area (Å²) in [5.41, 5.74) is 3.29. The van der Waals surface area contributed by atoms with E-state index in [-0.39, 0.29) is 5.41 Å². The Balaban J connectivity index is 1.56. The second-order valence-electron chi connectivity index (χ2n) is 8.55. The molecule has 0 spiro atoms. The van der Waals surface area contributed by atoms with Crippen LogP contribution in [0, 0.1) is 0 Å². The van der Waals surface area contributed by atoms with Gasteiger partial charge in [-0.1, -0.05) is 45.0 Å². The fourth-order valence-corrected chi connectivity index (χ4v) is 3.60. The molecule has 1 saturated heterocycles. The van der Waals surface area contributed by atoms with Crippen molar-refractivity contribution >= 4 is 23.6 Å². The first-order valence-corrected chi connectivity index (χ1v) is 10.2. The quantitative estimate of drug-likeness (QED) is 0.460. The number of fused-ring (bicyclic) bond motifs is 1. The maximum absolute atomic E-state index is 12.0. The molecule has 3 heterocycles. The van der Waals surface area contributed by atoms with Crippen LogP contribution in [0.25, 0.3) is 17.0 Å². The molecule has 162 valence electrons. The highest BCUT2D eigenvalue weighted by Crippen LogP contribution is 2.26. The minimum atomic E-state index is -0.842. The number of esters is 1. The van der Waals surface area contributed by atoms with Crippen LogP contribution in [0.2, 0.25) is 0 Å². The zero-order valence-electron chi connectivity index (χ0n) is 18.2. The Morgan fingerprint density at radius 2 is 1.68 bits per heavy atom. The lowest BCUT2D eigenvalue weighted by molar-refractivity contribution is -0.158. The molecule has 0 aliphatic carbocycles. The number of benzene rings is 1. The van der Waals surface area contributed by atoms with Crippen LogP contribution in [-0.2, 0) is 19.7 Å². The third kappa shape index (κ3) is 4.08. The predicted molar refractivity (Wildman–Crippen MR) is 116 cm³/mol. The number of ether oxygens (including phenoxy) is 1. The van der Waals surface area contributed by atoms with E-state index in [9.17, 15) is 9.59 Å². The van der Waals surface area contributed by atoms with Crippen LogP contribution in [0.1, 0.15) is 26.3 Å². The van der Waals surface area contributed by atoms with Crippen molar-refractivity contribution in [2.24, 2.45) is 0 Å². The Morgan fingerprint density at radius 1 is 1.00 bits per heavy atom. The van der Waals surface area contributed by atoms with Crippen LogP contribution in [0.15, 0.2) is 36.5 Å². The highest BCUT2D eigenvalue weighted by molar-refractivity contribution is 6.32. The van der Waals surface area contributed by atoms with E-state index < -0.39 is 11.9 Å². The van der Waals surface area contributed by atoms with Crippen molar-refractivity contribution in [1.29, 1.82) is 0 Å². The molecule has 0 N–H and O–H groups in total. The lowest BCUT2D eigenvalue weighted by atomic mass is 9.86. The molecule has 3 aromatic rings. The zero-order valence-corrected chi connectivity index (χ0v) is 18.2. The Labute approximate surface area is 180 Å². The SMILES string of the molecule is COC(=O)C(=O)N1CCN(c2nc3nccc(-c4ccc(C(C)(C)C)cc4)n3n2)CC1. The molecule has 31 heavy (non-hydrogen) atoms. The van der Waals surface area contributed by atoms with E-state index in [4.69, 9.17) is 0 Å².